The van der Waals surface area contributed by atoms with E-state index in [1.165, 1.54) is 11.6 Å². The highest BCUT2D eigenvalue weighted by Gasteiger charge is 2.31. The van der Waals surface area contributed by atoms with Gasteiger partial charge in [-0.1, -0.05) is 30.0 Å². The van der Waals surface area contributed by atoms with E-state index in [2.05, 4.69) is 27.8 Å². The fraction of sp³-hybridized carbons (Fsp3) is 0.348. The maximum atomic E-state index is 14.3. The van der Waals surface area contributed by atoms with Crippen LogP contribution in [-0.2, 0) is 5.75 Å². The van der Waals surface area contributed by atoms with Crippen molar-refractivity contribution < 1.29 is 9.18 Å². The second-order valence-corrected chi connectivity index (χ2v) is 8.66. The first-order chi connectivity index (χ1) is 13.9. The summed E-state index contributed by atoms with van der Waals surface area (Å²) >= 11 is 1.60. The van der Waals surface area contributed by atoms with Gasteiger partial charge < -0.3 is 0 Å². The van der Waals surface area contributed by atoms with Crippen LogP contribution < -0.4 is 0 Å². The summed E-state index contributed by atoms with van der Waals surface area (Å²) in [5.41, 5.74) is 5.67. The number of hydrogen-bond acceptors (Lipinski definition) is 4. The molecule has 0 bridgehead atoms. The van der Waals surface area contributed by atoms with Crippen LogP contribution in [0.2, 0.25) is 0 Å². The number of benzene rings is 2. The molecule has 0 unspecified atom stereocenters. The molecule has 0 radical (unpaired) electrons. The Morgan fingerprint density at radius 3 is 2.55 bits per heavy atom. The van der Waals surface area contributed by atoms with Gasteiger partial charge in [0.2, 0.25) is 0 Å². The van der Waals surface area contributed by atoms with E-state index >= 15 is 0 Å². The fourth-order valence-corrected chi connectivity index (χ4v) is 5.18. The molecule has 6 heteroatoms. The van der Waals surface area contributed by atoms with Gasteiger partial charge in [-0.25, -0.2) is 4.39 Å². The Labute approximate surface area is 174 Å². The zero-order chi connectivity index (χ0) is 20.7. The molecule has 1 heterocycles. The highest BCUT2D eigenvalue weighted by molar-refractivity contribution is 7.98. The summed E-state index contributed by atoms with van der Waals surface area (Å²) in [5, 5.41) is 9.51. The second-order valence-electron chi connectivity index (χ2n) is 7.72. The number of nitrogens with zero attached hydrogens (tertiary/aromatic N) is 3. The SMILES string of the molecule is CC(=O)c1c(C)cc(C)c(CSc2nnc(-c3ccccc3F)n2C2CC2)c1C. The molecule has 4 rings (SSSR count). The minimum absolute atomic E-state index is 0.0919. The molecule has 150 valence electrons. The lowest BCUT2D eigenvalue weighted by atomic mass is 9.92. The molecule has 0 amide bonds. The number of carbonyl (C=O) groups is 1. The molecule has 1 aliphatic rings. The molecule has 1 saturated carbocycles. The van der Waals surface area contributed by atoms with Crippen molar-refractivity contribution in [1.82, 2.24) is 14.8 Å². The van der Waals surface area contributed by atoms with Crippen molar-refractivity contribution in [2.75, 3.05) is 0 Å². The monoisotopic (exact) mass is 409 g/mol. The van der Waals surface area contributed by atoms with Crippen LogP contribution in [0.15, 0.2) is 35.5 Å². The van der Waals surface area contributed by atoms with Crippen LogP contribution in [0.1, 0.15) is 58.4 Å². The standard InChI is InChI=1S/C23H24FN3OS/c1-13-11-14(2)21(16(4)28)15(3)19(13)12-29-23-26-25-22(27(23)17-9-10-17)18-7-5-6-8-20(18)24/h5-8,11,17H,9-10,12H2,1-4H3. The van der Waals surface area contributed by atoms with Crippen molar-refractivity contribution in [3.05, 3.63) is 64.0 Å². The smallest absolute Gasteiger partial charge is 0.192 e. The van der Waals surface area contributed by atoms with Gasteiger partial charge in [-0.05, 0) is 74.9 Å². The predicted molar refractivity (Wildman–Crippen MR) is 114 cm³/mol. The Balaban J connectivity index is 1.68. The van der Waals surface area contributed by atoms with E-state index < -0.39 is 0 Å². The number of aromatic nitrogens is 3. The largest absolute Gasteiger partial charge is 0.299 e. The van der Waals surface area contributed by atoms with Crippen LogP contribution in [0.4, 0.5) is 4.39 Å². The van der Waals surface area contributed by atoms with Crippen LogP contribution in [0.3, 0.4) is 0 Å². The van der Waals surface area contributed by atoms with Gasteiger partial charge >= 0.3 is 0 Å². The molecule has 4 nitrogen and oxygen atoms in total. The molecule has 1 fully saturated rings. The molecule has 1 aromatic heterocycles. The van der Waals surface area contributed by atoms with Crippen molar-refractivity contribution >= 4 is 17.5 Å². The van der Waals surface area contributed by atoms with Crippen molar-refractivity contribution in [2.45, 2.75) is 57.5 Å². The zero-order valence-electron chi connectivity index (χ0n) is 17.1. The van der Waals surface area contributed by atoms with E-state index in [9.17, 15) is 9.18 Å². The minimum Gasteiger partial charge on any atom is -0.299 e. The van der Waals surface area contributed by atoms with E-state index in [1.807, 2.05) is 19.9 Å². The van der Waals surface area contributed by atoms with Gasteiger partial charge in [0.05, 0.1) is 5.56 Å². The molecule has 0 atom stereocenters. The molecule has 0 N–H and O–H groups in total. The van der Waals surface area contributed by atoms with Crippen molar-refractivity contribution in [1.29, 1.82) is 0 Å². The van der Waals surface area contributed by atoms with Gasteiger partial charge in [0.15, 0.2) is 16.8 Å². The van der Waals surface area contributed by atoms with Crippen LogP contribution in [-0.4, -0.2) is 20.5 Å². The van der Waals surface area contributed by atoms with E-state index in [0.717, 1.165) is 40.3 Å². The van der Waals surface area contributed by atoms with Gasteiger partial charge in [0, 0.05) is 17.4 Å². The van der Waals surface area contributed by atoms with Crippen molar-refractivity contribution in [3.63, 3.8) is 0 Å². The summed E-state index contributed by atoms with van der Waals surface area (Å²) in [4.78, 5) is 12.1. The molecule has 0 spiro atoms. The summed E-state index contributed by atoms with van der Waals surface area (Å²) in [6, 6.07) is 9.11. The summed E-state index contributed by atoms with van der Waals surface area (Å²) in [6.45, 7) is 7.70. The number of thioether (sulfide) groups is 1. The Hall–Kier alpha value is -2.47. The van der Waals surface area contributed by atoms with Crippen molar-refractivity contribution in [3.8, 4) is 11.4 Å². The Morgan fingerprint density at radius 2 is 1.90 bits per heavy atom. The molecule has 0 saturated heterocycles. The van der Waals surface area contributed by atoms with Gasteiger partial charge in [-0.3, -0.25) is 9.36 Å². The van der Waals surface area contributed by atoms with Crippen LogP contribution in [0.25, 0.3) is 11.4 Å². The Kier molecular flexibility index (Phi) is 5.30. The minimum atomic E-state index is -0.283. The summed E-state index contributed by atoms with van der Waals surface area (Å²) in [7, 11) is 0. The lowest BCUT2D eigenvalue weighted by Gasteiger charge is -2.16. The van der Waals surface area contributed by atoms with Crippen LogP contribution in [0, 0.1) is 26.6 Å². The lowest BCUT2D eigenvalue weighted by molar-refractivity contribution is 0.101. The Bertz CT molecular complexity index is 1100. The summed E-state index contributed by atoms with van der Waals surface area (Å²) in [5.74, 6) is 1.10. The molecule has 3 aromatic rings. The number of aryl methyl sites for hydroxylation is 2. The summed E-state index contributed by atoms with van der Waals surface area (Å²) in [6.07, 6.45) is 2.12. The van der Waals surface area contributed by atoms with E-state index in [1.54, 1.807) is 30.8 Å². The topological polar surface area (TPSA) is 47.8 Å². The van der Waals surface area contributed by atoms with Crippen LogP contribution in [0.5, 0.6) is 0 Å². The molecule has 1 aliphatic carbocycles. The number of rotatable bonds is 6. The number of ketones is 1. The average molecular weight is 410 g/mol. The Morgan fingerprint density at radius 1 is 1.17 bits per heavy atom. The molecule has 29 heavy (non-hydrogen) atoms. The van der Waals surface area contributed by atoms with E-state index in [-0.39, 0.29) is 11.6 Å². The molecular weight excluding hydrogens is 385 g/mol. The third-order valence-electron chi connectivity index (χ3n) is 5.52. The van der Waals surface area contributed by atoms with E-state index in [4.69, 9.17) is 0 Å². The average Bonchev–Trinajstić information content (AvgIpc) is 3.41. The maximum absolute atomic E-state index is 14.3. The fourth-order valence-electron chi connectivity index (χ4n) is 3.99. The first-order valence-corrected chi connectivity index (χ1v) is 10.8. The predicted octanol–water partition coefficient (Wildman–Crippen LogP) is 5.84. The highest BCUT2D eigenvalue weighted by atomic mass is 32.2. The zero-order valence-corrected chi connectivity index (χ0v) is 17.9. The van der Waals surface area contributed by atoms with Gasteiger partial charge in [-0.2, -0.15) is 0 Å². The van der Waals surface area contributed by atoms with Crippen LogP contribution >= 0.6 is 11.8 Å². The highest BCUT2D eigenvalue weighted by Crippen LogP contribution is 2.42. The van der Waals surface area contributed by atoms with Gasteiger partial charge in [0.1, 0.15) is 5.82 Å². The summed E-state index contributed by atoms with van der Waals surface area (Å²) < 4.78 is 16.4. The third-order valence-corrected chi connectivity index (χ3v) is 6.49. The normalized spacial score (nSPS) is 13.7. The number of hydrogen-bond donors (Lipinski definition) is 0. The third kappa shape index (κ3) is 3.73. The first kappa shape index (κ1) is 19.8. The number of Topliss-reactive ketones (excluding diaryl/α,β-unsaturated/α-hetero) is 1. The first-order valence-electron chi connectivity index (χ1n) is 9.81. The van der Waals surface area contributed by atoms with Gasteiger partial charge in [0.25, 0.3) is 0 Å². The number of carbonyl (C=O) groups excluding carboxylic acids is 1. The quantitative estimate of drug-likeness (QED) is 0.379. The molecular formula is C23H24FN3OS. The maximum Gasteiger partial charge on any atom is 0.192 e. The lowest BCUT2D eigenvalue weighted by Crippen LogP contribution is -2.06. The number of halogens is 1. The molecule has 2 aromatic carbocycles. The van der Waals surface area contributed by atoms with E-state index in [0.29, 0.717) is 23.2 Å². The van der Waals surface area contributed by atoms with Crippen molar-refractivity contribution in [2.24, 2.45) is 0 Å². The van der Waals surface area contributed by atoms with Gasteiger partial charge in [-0.15, -0.1) is 10.2 Å². The molecule has 0 aliphatic heterocycles. The second kappa shape index (κ2) is 7.75.